The molecule has 0 saturated heterocycles. The molecular weight excluding hydrogens is 244 g/mol. The van der Waals surface area contributed by atoms with Gasteiger partial charge in [0.05, 0.1) is 12.7 Å². The molecule has 98 valence electrons. The molecule has 0 radical (unpaired) electrons. The van der Waals surface area contributed by atoms with Crippen LogP contribution in [-0.4, -0.2) is 18.4 Å². The van der Waals surface area contributed by atoms with Crippen molar-refractivity contribution < 1.29 is 19.1 Å². The van der Waals surface area contributed by atoms with Crippen LogP contribution >= 0.6 is 0 Å². The van der Waals surface area contributed by atoms with Crippen LogP contribution in [0.5, 0.6) is 0 Å². The molecule has 0 fully saturated rings. The number of ether oxygens (including phenoxy) is 2. The lowest BCUT2D eigenvalue weighted by Crippen LogP contribution is -2.04. The van der Waals surface area contributed by atoms with E-state index in [4.69, 9.17) is 9.47 Å². The molecule has 1 aromatic carbocycles. The molecule has 19 heavy (non-hydrogen) atoms. The Morgan fingerprint density at radius 3 is 2.63 bits per heavy atom. The van der Waals surface area contributed by atoms with Gasteiger partial charge in [-0.3, -0.25) is 4.79 Å². The van der Waals surface area contributed by atoms with E-state index in [2.05, 4.69) is 0 Å². The van der Waals surface area contributed by atoms with Crippen molar-refractivity contribution in [2.45, 2.75) is 13.8 Å². The molecule has 0 unspecified atom stereocenters. The van der Waals surface area contributed by atoms with E-state index < -0.39 is 5.97 Å². The van der Waals surface area contributed by atoms with Gasteiger partial charge in [-0.1, -0.05) is 29.8 Å². The molecule has 0 aliphatic carbocycles. The molecule has 0 spiro atoms. The van der Waals surface area contributed by atoms with Gasteiger partial charge in [0.1, 0.15) is 5.76 Å². The second kappa shape index (κ2) is 5.52. The fraction of sp³-hybridized carbons (Fsp3) is 0.200. The summed E-state index contributed by atoms with van der Waals surface area (Å²) in [6.45, 7) is 3.93. The van der Waals surface area contributed by atoms with Crippen molar-refractivity contribution in [3.05, 3.63) is 53.3 Å². The first-order chi connectivity index (χ1) is 9.10. The summed E-state index contributed by atoms with van der Waals surface area (Å²) in [5, 5.41) is 0. The molecule has 1 aliphatic heterocycles. The van der Waals surface area contributed by atoms with Gasteiger partial charge in [0.15, 0.2) is 5.76 Å². The topological polar surface area (TPSA) is 52.6 Å². The van der Waals surface area contributed by atoms with Gasteiger partial charge >= 0.3 is 5.97 Å². The predicted molar refractivity (Wildman–Crippen MR) is 70.0 cm³/mol. The molecule has 0 bridgehead atoms. The van der Waals surface area contributed by atoms with Crippen molar-refractivity contribution in [1.82, 2.24) is 0 Å². The monoisotopic (exact) mass is 258 g/mol. The van der Waals surface area contributed by atoms with E-state index in [0.717, 1.165) is 17.2 Å². The van der Waals surface area contributed by atoms with Crippen molar-refractivity contribution in [2.24, 2.45) is 0 Å². The lowest BCUT2D eigenvalue weighted by Gasteiger charge is -2.04. The van der Waals surface area contributed by atoms with Crippen LogP contribution in [0.2, 0.25) is 0 Å². The van der Waals surface area contributed by atoms with Crippen LogP contribution in [0.1, 0.15) is 18.1 Å². The highest BCUT2D eigenvalue weighted by Crippen LogP contribution is 2.26. The highest BCUT2D eigenvalue weighted by molar-refractivity contribution is 6.12. The van der Waals surface area contributed by atoms with Gasteiger partial charge in [-0.2, -0.15) is 0 Å². The maximum absolute atomic E-state index is 11.7. The van der Waals surface area contributed by atoms with Crippen LogP contribution in [0.25, 0.3) is 5.76 Å². The van der Waals surface area contributed by atoms with E-state index in [1.165, 1.54) is 6.08 Å². The second-order valence-electron chi connectivity index (χ2n) is 4.10. The summed E-state index contributed by atoms with van der Waals surface area (Å²) in [4.78, 5) is 23.0. The number of allylic oxidation sites excluding steroid dienone is 1. The minimum Gasteiger partial charge on any atom is -0.463 e. The highest BCUT2D eigenvalue weighted by Gasteiger charge is 2.23. The molecule has 0 atom stereocenters. The number of rotatable bonds is 3. The smallest absolute Gasteiger partial charge is 0.334 e. The highest BCUT2D eigenvalue weighted by atomic mass is 16.5. The van der Waals surface area contributed by atoms with Crippen LogP contribution in [0.3, 0.4) is 0 Å². The van der Waals surface area contributed by atoms with E-state index in [1.54, 1.807) is 6.92 Å². The van der Waals surface area contributed by atoms with Gasteiger partial charge in [-0.25, -0.2) is 4.79 Å². The average molecular weight is 258 g/mol. The van der Waals surface area contributed by atoms with Crippen LogP contribution < -0.4 is 0 Å². The van der Waals surface area contributed by atoms with E-state index in [1.807, 2.05) is 31.2 Å². The maximum Gasteiger partial charge on any atom is 0.334 e. The Labute approximate surface area is 111 Å². The fourth-order valence-electron chi connectivity index (χ4n) is 1.64. The van der Waals surface area contributed by atoms with Crippen molar-refractivity contribution >= 4 is 17.5 Å². The number of carbonyl (C=O) groups is 2. The van der Waals surface area contributed by atoms with E-state index >= 15 is 0 Å². The molecule has 1 heterocycles. The summed E-state index contributed by atoms with van der Waals surface area (Å²) >= 11 is 0. The molecule has 0 N–H and O–H groups in total. The predicted octanol–water partition coefficient (Wildman–Crippen LogP) is 2.38. The lowest BCUT2D eigenvalue weighted by atomic mass is 10.1. The minimum atomic E-state index is -0.579. The Morgan fingerprint density at radius 1 is 1.32 bits per heavy atom. The van der Waals surface area contributed by atoms with Gasteiger partial charge in [0.25, 0.3) is 0 Å². The number of carbonyl (C=O) groups excluding carboxylic acids is 2. The van der Waals surface area contributed by atoms with Gasteiger partial charge in [-0.15, -0.1) is 0 Å². The van der Waals surface area contributed by atoms with E-state index in [-0.39, 0.29) is 18.1 Å². The molecule has 1 aromatic rings. The zero-order valence-corrected chi connectivity index (χ0v) is 10.8. The summed E-state index contributed by atoms with van der Waals surface area (Å²) in [6.07, 6.45) is 2.44. The molecule has 1 aliphatic rings. The van der Waals surface area contributed by atoms with Crippen molar-refractivity contribution in [3.8, 4) is 0 Å². The normalized spacial score (nSPS) is 16.2. The molecule has 0 amide bonds. The first kappa shape index (κ1) is 13.1. The SMILES string of the molecule is CCOC(=O)C=C1OC(c2ccc(C)cc2)=CC1=O. The first-order valence-electron chi connectivity index (χ1n) is 5.99. The number of benzene rings is 1. The van der Waals surface area contributed by atoms with Crippen LogP contribution in [0.15, 0.2) is 42.2 Å². The third-order valence-corrected chi connectivity index (χ3v) is 2.60. The van der Waals surface area contributed by atoms with Gasteiger partial charge < -0.3 is 9.47 Å². The fourth-order valence-corrected chi connectivity index (χ4v) is 1.64. The summed E-state index contributed by atoms with van der Waals surface area (Å²) in [5.41, 5.74) is 1.92. The summed E-state index contributed by atoms with van der Waals surface area (Å²) in [6, 6.07) is 7.58. The van der Waals surface area contributed by atoms with Gasteiger partial charge in [0, 0.05) is 11.6 Å². The zero-order chi connectivity index (χ0) is 13.8. The summed E-state index contributed by atoms with van der Waals surface area (Å²) in [5.74, 6) is -0.470. The second-order valence-corrected chi connectivity index (χ2v) is 4.10. The van der Waals surface area contributed by atoms with Gasteiger partial charge in [-0.05, 0) is 13.8 Å². The van der Waals surface area contributed by atoms with Crippen molar-refractivity contribution in [1.29, 1.82) is 0 Å². The third-order valence-electron chi connectivity index (χ3n) is 2.60. The molecule has 2 rings (SSSR count). The Kier molecular flexibility index (Phi) is 3.80. The van der Waals surface area contributed by atoms with Crippen LogP contribution in [-0.2, 0) is 19.1 Å². The largest absolute Gasteiger partial charge is 0.463 e. The number of esters is 1. The Bertz CT molecular complexity index is 564. The lowest BCUT2D eigenvalue weighted by molar-refractivity contribution is -0.137. The van der Waals surface area contributed by atoms with Gasteiger partial charge in [0.2, 0.25) is 5.78 Å². The quantitative estimate of drug-likeness (QED) is 0.617. The number of hydrogen-bond acceptors (Lipinski definition) is 4. The number of hydrogen-bond donors (Lipinski definition) is 0. The third kappa shape index (κ3) is 3.10. The number of aryl methyl sites for hydroxylation is 1. The summed E-state index contributed by atoms with van der Waals surface area (Å²) in [7, 11) is 0. The minimum absolute atomic E-state index is 0.00553. The molecule has 0 aromatic heterocycles. The average Bonchev–Trinajstić information content (AvgIpc) is 2.72. The van der Waals surface area contributed by atoms with Crippen LogP contribution in [0.4, 0.5) is 0 Å². The van der Waals surface area contributed by atoms with Crippen LogP contribution in [0, 0.1) is 6.92 Å². The maximum atomic E-state index is 11.7. The van der Waals surface area contributed by atoms with E-state index in [9.17, 15) is 9.59 Å². The first-order valence-corrected chi connectivity index (χ1v) is 5.99. The van der Waals surface area contributed by atoms with Crippen molar-refractivity contribution in [2.75, 3.05) is 6.61 Å². The van der Waals surface area contributed by atoms with Crippen molar-refractivity contribution in [3.63, 3.8) is 0 Å². The number of ketones is 1. The molecular formula is C15H14O4. The summed E-state index contributed by atoms with van der Waals surface area (Å²) < 4.78 is 10.1. The molecule has 4 nitrogen and oxygen atoms in total. The van der Waals surface area contributed by atoms with E-state index in [0.29, 0.717) is 5.76 Å². The molecule has 4 heteroatoms. The zero-order valence-electron chi connectivity index (χ0n) is 10.8. The Balaban J connectivity index is 2.16. The standard InChI is InChI=1S/C15H14O4/c1-3-18-15(17)9-14-12(16)8-13(19-14)11-6-4-10(2)5-7-11/h4-9H,3H2,1-2H3. The Morgan fingerprint density at radius 2 is 2.00 bits per heavy atom. The Hall–Kier alpha value is -2.36. The molecule has 0 saturated carbocycles.